The second-order valence-electron chi connectivity index (χ2n) is 7.98. The zero-order chi connectivity index (χ0) is 24.4. The predicted octanol–water partition coefficient (Wildman–Crippen LogP) is 4.73. The van der Waals surface area contributed by atoms with Crippen LogP contribution in [0, 0.1) is 6.92 Å². The number of fused-ring (bicyclic) bond motifs is 3. The summed E-state index contributed by atoms with van der Waals surface area (Å²) in [5.41, 5.74) is 3.16. The molecule has 0 unspecified atom stereocenters. The average Bonchev–Trinajstić information content (AvgIpc) is 3.23. The first-order valence-corrected chi connectivity index (χ1v) is 10.9. The van der Waals surface area contributed by atoms with E-state index in [2.05, 4.69) is 20.9 Å². The van der Waals surface area contributed by atoms with Crippen LogP contribution < -0.4 is 21.5 Å². The van der Waals surface area contributed by atoms with Crippen LogP contribution in [0.4, 0.5) is 21.9 Å². The number of amides is 3. The Labute approximate surface area is 199 Å². The first kappa shape index (κ1) is 21.9. The fraction of sp³-hybridized carbons (Fsp3) is 0.0769. The van der Waals surface area contributed by atoms with Crippen LogP contribution in [0.5, 0.6) is 0 Å². The molecule has 3 N–H and O–H groups in total. The number of para-hydroxylation sites is 2. The third-order valence-electron chi connectivity index (χ3n) is 5.47. The van der Waals surface area contributed by atoms with Gasteiger partial charge < -0.3 is 20.4 Å². The molecule has 0 aliphatic carbocycles. The Morgan fingerprint density at radius 2 is 1.66 bits per heavy atom. The largest absolute Gasteiger partial charge is 0.448 e. The number of aryl methyl sites for hydroxylation is 1. The highest BCUT2D eigenvalue weighted by Gasteiger charge is 2.15. The Balaban J connectivity index is 1.30. The third kappa shape index (κ3) is 4.60. The fourth-order valence-corrected chi connectivity index (χ4v) is 3.72. The SMILES string of the molecule is Cc1ccc(NC(=O)Nc2ccccc2)cc1NC(=O)Cn1cnc2c(oc3ccccc32)c1=O. The Kier molecular flexibility index (Phi) is 5.72. The summed E-state index contributed by atoms with van der Waals surface area (Å²) in [6.45, 7) is 1.59. The predicted molar refractivity (Wildman–Crippen MR) is 135 cm³/mol. The number of urea groups is 1. The van der Waals surface area contributed by atoms with Crippen molar-refractivity contribution in [2.24, 2.45) is 0 Å². The van der Waals surface area contributed by atoms with E-state index in [0.717, 1.165) is 10.9 Å². The number of benzene rings is 3. The molecule has 0 spiro atoms. The van der Waals surface area contributed by atoms with Crippen LogP contribution in [0.25, 0.3) is 22.1 Å². The van der Waals surface area contributed by atoms with Crippen LogP contribution in [-0.4, -0.2) is 21.5 Å². The lowest BCUT2D eigenvalue weighted by molar-refractivity contribution is -0.116. The number of furan rings is 1. The van der Waals surface area contributed by atoms with Gasteiger partial charge in [-0.15, -0.1) is 0 Å². The van der Waals surface area contributed by atoms with E-state index in [9.17, 15) is 14.4 Å². The van der Waals surface area contributed by atoms with Gasteiger partial charge in [0.1, 0.15) is 17.6 Å². The molecule has 9 nitrogen and oxygen atoms in total. The van der Waals surface area contributed by atoms with Gasteiger partial charge in [-0.25, -0.2) is 9.78 Å². The number of rotatable bonds is 5. The fourth-order valence-electron chi connectivity index (χ4n) is 3.72. The molecule has 0 atom stereocenters. The number of carbonyl (C=O) groups excluding carboxylic acids is 2. The van der Waals surface area contributed by atoms with Gasteiger partial charge in [-0.3, -0.25) is 14.2 Å². The molecule has 0 aliphatic heterocycles. The van der Waals surface area contributed by atoms with Crippen molar-refractivity contribution >= 4 is 51.1 Å². The first-order chi connectivity index (χ1) is 17.0. The van der Waals surface area contributed by atoms with E-state index in [1.54, 1.807) is 36.4 Å². The van der Waals surface area contributed by atoms with Crippen molar-refractivity contribution < 1.29 is 14.0 Å². The van der Waals surface area contributed by atoms with E-state index >= 15 is 0 Å². The third-order valence-corrected chi connectivity index (χ3v) is 5.47. The number of anilines is 3. The zero-order valence-electron chi connectivity index (χ0n) is 18.7. The van der Waals surface area contributed by atoms with Gasteiger partial charge in [0.15, 0.2) is 0 Å². The van der Waals surface area contributed by atoms with E-state index in [-0.39, 0.29) is 12.1 Å². The van der Waals surface area contributed by atoms with E-state index in [1.165, 1.54) is 10.9 Å². The molecule has 5 aromatic rings. The molecule has 0 bridgehead atoms. The molecule has 3 aromatic carbocycles. The smallest absolute Gasteiger partial charge is 0.323 e. The maximum Gasteiger partial charge on any atom is 0.323 e. The standard InChI is InChI=1S/C26H21N5O4/c1-16-11-12-18(29-26(34)28-17-7-3-2-4-8-17)13-20(16)30-22(32)14-31-15-27-23-19-9-5-6-10-21(19)35-24(23)25(31)33/h2-13,15H,14H2,1H3,(H,30,32)(H2,28,29,34). The Hall–Kier alpha value is -4.92. The number of carbonyl (C=O) groups is 2. The molecular weight excluding hydrogens is 446 g/mol. The summed E-state index contributed by atoms with van der Waals surface area (Å²) in [4.78, 5) is 42.2. The summed E-state index contributed by atoms with van der Waals surface area (Å²) >= 11 is 0. The van der Waals surface area contributed by atoms with Gasteiger partial charge in [0, 0.05) is 22.4 Å². The van der Waals surface area contributed by atoms with Crippen molar-refractivity contribution in [2.45, 2.75) is 13.5 Å². The monoisotopic (exact) mass is 467 g/mol. The topological polar surface area (TPSA) is 118 Å². The lowest BCUT2D eigenvalue weighted by Gasteiger charge is -2.13. The lowest BCUT2D eigenvalue weighted by Crippen LogP contribution is -2.28. The van der Waals surface area contributed by atoms with Gasteiger partial charge in [-0.05, 0) is 48.9 Å². The number of nitrogens with zero attached hydrogens (tertiary/aromatic N) is 2. The number of hydrogen-bond donors (Lipinski definition) is 3. The maximum atomic E-state index is 12.9. The Morgan fingerprint density at radius 1 is 0.914 bits per heavy atom. The zero-order valence-corrected chi connectivity index (χ0v) is 18.7. The molecule has 0 radical (unpaired) electrons. The quantitative estimate of drug-likeness (QED) is 0.345. The van der Waals surface area contributed by atoms with Crippen LogP contribution in [0.3, 0.4) is 0 Å². The Morgan fingerprint density at radius 3 is 2.49 bits per heavy atom. The van der Waals surface area contributed by atoms with Crippen LogP contribution in [0.15, 0.2) is 88.3 Å². The van der Waals surface area contributed by atoms with Crippen LogP contribution in [-0.2, 0) is 11.3 Å². The molecule has 0 saturated heterocycles. The molecule has 0 saturated carbocycles. The van der Waals surface area contributed by atoms with Gasteiger partial charge in [-0.1, -0.05) is 36.4 Å². The highest BCUT2D eigenvalue weighted by atomic mass is 16.3. The average molecular weight is 467 g/mol. The van der Waals surface area contributed by atoms with E-state index in [0.29, 0.717) is 28.2 Å². The van der Waals surface area contributed by atoms with Crippen molar-refractivity contribution in [3.05, 3.63) is 95.0 Å². The minimum Gasteiger partial charge on any atom is -0.448 e. The second-order valence-corrected chi connectivity index (χ2v) is 7.98. The Bertz CT molecular complexity index is 1620. The minimum absolute atomic E-state index is 0.105. The molecule has 35 heavy (non-hydrogen) atoms. The minimum atomic E-state index is -0.439. The summed E-state index contributed by atoms with van der Waals surface area (Å²) in [7, 11) is 0. The highest BCUT2D eigenvalue weighted by Crippen LogP contribution is 2.24. The molecule has 3 amide bonds. The van der Waals surface area contributed by atoms with Crippen molar-refractivity contribution in [2.75, 3.05) is 16.0 Å². The molecule has 2 aromatic heterocycles. The van der Waals surface area contributed by atoms with Crippen molar-refractivity contribution in [3.8, 4) is 0 Å². The summed E-state index contributed by atoms with van der Waals surface area (Å²) in [5, 5.41) is 9.02. The summed E-state index contributed by atoms with van der Waals surface area (Å²) < 4.78 is 6.86. The van der Waals surface area contributed by atoms with Crippen LogP contribution in [0.1, 0.15) is 5.56 Å². The van der Waals surface area contributed by atoms with Crippen LogP contribution >= 0.6 is 0 Å². The van der Waals surface area contributed by atoms with Crippen molar-refractivity contribution in [3.63, 3.8) is 0 Å². The summed E-state index contributed by atoms with van der Waals surface area (Å²) in [6.07, 6.45) is 1.34. The van der Waals surface area contributed by atoms with Gasteiger partial charge in [0.25, 0.3) is 5.56 Å². The summed E-state index contributed by atoms with van der Waals surface area (Å²) in [5.74, 6) is -0.418. The summed E-state index contributed by atoms with van der Waals surface area (Å²) in [6, 6.07) is 21.1. The lowest BCUT2D eigenvalue weighted by atomic mass is 10.1. The van der Waals surface area contributed by atoms with E-state index < -0.39 is 17.5 Å². The highest BCUT2D eigenvalue weighted by molar-refractivity contribution is 6.02. The molecule has 0 aliphatic rings. The number of nitrogens with one attached hydrogen (secondary N) is 3. The second kappa shape index (κ2) is 9.14. The molecule has 9 heteroatoms. The molecular formula is C26H21N5O4. The number of aromatic nitrogens is 2. The van der Waals surface area contributed by atoms with Crippen molar-refractivity contribution in [1.29, 1.82) is 0 Å². The molecule has 0 fully saturated rings. The van der Waals surface area contributed by atoms with Gasteiger partial charge in [0.05, 0.1) is 6.33 Å². The van der Waals surface area contributed by atoms with Gasteiger partial charge in [-0.2, -0.15) is 0 Å². The maximum absolute atomic E-state index is 12.9. The molecule has 174 valence electrons. The number of hydrogen-bond acceptors (Lipinski definition) is 5. The van der Waals surface area contributed by atoms with Crippen molar-refractivity contribution in [1.82, 2.24) is 9.55 Å². The molecule has 2 heterocycles. The normalized spacial score (nSPS) is 10.9. The van der Waals surface area contributed by atoms with E-state index in [4.69, 9.17) is 4.42 Å². The first-order valence-electron chi connectivity index (χ1n) is 10.9. The van der Waals surface area contributed by atoms with Crippen LogP contribution in [0.2, 0.25) is 0 Å². The van der Waals surface area contributed by atoms with Gasteiger partial charge >= 0.3 is 6.03 Å². The van der Waals surface area contributed by atoms with Gasteiger partial charge in [0.2, 0.25) is 11.5 Å². The van der Waals surface area contributed by atoms with E-state index in [1.807, 2.05) is 43.3 Å². The molecule has 5 rings (SSSR count).